The van der Waals surface area contributed by atoms with Gasteiger partial charge in [0.2, 0.25) is 5.91 Å². The van der Waals surface area contributed by atoms with Crippen LogP contribution in [0.5, 0.6) is 0 Å². The van der Waals surface area contributed by atoms with Crippen molar-refractivity contribution in [1.29, 1.82) is 0 Å². The van der Waals surface area contributed by atoms with E-state index in [2.05, 4.69) is 15.9 Å². The second-order valence-corrected chi connectivity index (χ2v) is 4.15. The first-order valence-corrected chi connectivity index (χ1v) is 5.43. The van der Waals surface area contributed by atoms with Crippen molar-refractivity contribution in [2.45, 2.75) is 46.7 Å². The molecule has 0 aromatic rings. The molecular weight excluding hydrogens is 230 g/mol. The molecule has 0 heterocycles. The van der Waals surface area contributed by atoms with Gasteiger partial charge in [-0.15, -0.1) is 0 Å². The summed E-state index contributed by atoms with van der Waals surface area (Å²) in [6.45, 7) is 9.92. The van der Waals surface area contributed by atoms with Crippen LogP contribution in [0.25, 0.3) is 0 Å². The van der Waals surface area contributed by atoms with Crippen LogP contribution in [-0.4, -0.2) is 22.9 Å². The van der Waals surface area contributed by atoms with Crippen molar-refractivity contribution in [3.63, 3.8) is 0 Å². The van der Waals surface area contributed by atoms with E-state index in [4.69, 9.17) is 0 Å². The van der Waals surface area contributed by atoms with E-state index in [1.807, 2.05) is 39.5 Å². The van der Waals surface area contributed by atoms with Crippen LogP contribution in [0.15, 0.2) is 10.6 Å². The quantitative estimate of drug-likeness (QED) is 0.703. The molecule has 0 bridgehead atoms. The first-order valence-electron chi connectivity index (χ1n) is 4.51. The summed E-state index contributed by atoms with van der Waals surface area (Å²) in [4.78, 5) is 15.3. The predicted octanol–water partition coefficient (Wildman–Crippen LogP) is 2.93. The number of amides is 1. The number of nitrogens with zero attached hydrogens (tertiary/aromatic N) is 1. The summed E-state index contributed by atoms with van der Waals surface area (Å²) in [6.07, 6.45) is 0. The third-order valence-electron chi connectivity index (χ3n) is 1.85. The van der Waals surface area contributed by atoms with Gasteiger partial charge in [0.25, 0.3) is 0 Å². The maximum absolute atomic E-state index is 11.8. The van der Waals surface area contributed by atoms with Gasteiger partial charge < -0.3 is 4.90 Å². The fourth-order valence-electron chi connectivity index (χ4n) is 1.32. The van der Waals surface area contributed by atoms with Gasteiger partial charge in [-0.05, 0) is 39.6 Å². The number of halogens is 1. The Kier molecular flexibility index (Phi) is 5.30. The van der Waals surface area contributed by atoms with E-state index in [0.717, 1.165) is 5.57 Å². The lowest BCUT2D eigenvalue weighted by atomic mass is 10.2. The van der Waals surface area contributed by atoms with E-state index in [1.54, 1.807) is 4.99 Å². The molecule has 0 atom stereocenters. The highest BCUT2D eigenvalue weighted by atomic mass is 79.9. The summed E-state index contributed by atoms with van der Waals surface area (Å²) >= 11 is 3.17. The minimum Gasteiger partial charge on any atom is -0.334 e. The van der Waals surface area contributed by atoms with Crippen LogP contribution < -0.4 is 0 Å². The SMILES string of the molecule is C/C(=C/Br)C(=O)N(C(C)C)C(C)C. The molecule has 0 aliphatic rings. The minimum absolute atomic E-state index is 0.0990. The molecule has 0 radical (unpaired) electrons. The molecule has 0 spiro atoms. The topological polar surface area (TPSA) is 20.3 Å². The number of hydrogen-bond acceptors (Lipinski definition) is 1. The van der Waals surface area contributed by atoms with Crippen molar-refractivity contribution in [2.24, 2.45) is 0 Å². The standard InChI is InChI=1S/C10H18BrNO/c1-7(2)12(8(3)4)10(13)9(5)6-11/h6-8H,1-5H3/b9-6-. The molecule has 0 unspecified atom stereocenters. The van der Waals surface area contributed by atoms with Gasteiger partial charge in [0.05, 0.1) is 0 Å². The number of rotatable bonds is 3. The Morgan fingerprint density at radius 3 is 1.85 bits per heavy atom. The molecule has 3 heteroatoms. The molecule has 0 rings (SSSR count). The van der Waals surface area contributed by atoms with Crippen LogP contribution in [0.1, 0.15) is 34.6 Å². The molecule has 0 aliphatic carbocycles. The van der Waals surface area contributed by atoms with Crippen LogP contribution >= 0.6 is 15.9 Å². The summed E-state index contributed by atoms with van der Waals surface area (Å²) in [5.74, 6) is 0.0990. The highest BCUT2D eigenvalue weighted by Crippen LogP contribution is 2.11. The Bertz CT molecular complexity index is 201. The molecule has 13 heavy (non-hydrogen) atoms. The maximum Gasteiger partial charge on any atom is 0.250 e. The molecule has 0 aromatic heterocycles. The first kappa shape index (κ1) is 12.7. The summed E-state index contributed by atoms with van der Waals surface area (Å²) in [5, 5.41) is 0. The molecule has 0 saturated heterocycles. The second kappa shape index (κ2) is 5.43. The number of carbonyl (C=O) groups is 1. The lowest BCUT2D eigenvalue weighted by molar-refractivity contribution is -0.130. The molecule has 2 nitrogen and oxygen atoms in total. The number of carbonyl (C=O) groups excluding carboxylic acids is 1. The zero-order chi connectivity index (χ0) is 10.6. The molecule has 0 aromatic carbocycles. The summed E-state index contributed by atoms with van der Waals surface area (Å²) in [5.41, 5.74) is 0.738. The molecule has 0 fully saturated rings. The third kappa shape index (κ3) is 3.51. The van der Waals surface area contributed by atoms with Gasteiger partial charge in [-0.1, -0.05) is 15.9 Å². The van der Waals surface area contributed by atoms with E-state index in [-0.39, 0.29) is 18.0 Å². The fraction of sp³-hybridized carbons (Fsp3) is 0.700. The summed E-state index contributed by atoms with van der Waals surface area (Å²) < 4.78 is 0. The van der Waals surface area contributed by atoms with Gasteiger partial charge in [-0.3, -0.25) is 4.79 Å². The van der Waals surface area contributed by atoms with Crippen LogP contribution in [0.4, 0.5) is 0 Å². The van der Waals surface area contributed by atoms with Crippen LogP contribution in [-0.2, 0) is 4.79 Å². The van der Waals surface area contributed by atoms with Crippen molar-refractivity contribution >= 4 is 21.8 Å². The Balaban J connectivity index is 4.67. The highest BCUT2D eigenvalue weighted by Gasteiger charge is 2.20. The zero-order valence-corrected chi connectivity index (χ0v) is 10.6. The smallest absolute Gasteiger partial charge is 0.250 e. The molecule has 1 amide bonds. The van der Waals surface area contributed by atoms with Gasteiger partial charge in [-0.2, -0.15) is 0 Å². The lowest BCUT2D eigenvalue weighted by Gasteiger charge is -2.30. The minimum atomic E-state index is 0.0990. The third-order valence-corrected chi connectivity index (χ3v) is 2.53. The van der Waals surface area contributed by atoms with Gasteiger partial charge in [0, 0.05) is 17.7 Å². The largest absolute Gasteiger partial charge is 0.334 e. The van der Waals surface area contributed by atoms with Gasteiger partial charge in [0.15, 0.2) is 0 Å². The predicted molar refractivity (Wildman–Crippen MR) is 59.8 cm³/mol. The molecule has 0 saturated carbocycles. The Hall–Kier alpha value is -0.310. The highest BCUT2D eigenvalue weighted by molar-refractivity contribution is 9.11. The van der Waals surface area contributed by atoms with E-state index in [9.17, 15) is 4.79 Å². The van der Waals surface area contributed by atoms with Crippen molar-refractivity contribution in [1.82, 2.24) is 4.90 Å². The lowest BCUT2D eigenvalue weighted by Crippen LogP contribution is -2.42. The normalized spacial score (nSPS) is 12.5. The Labute approximate surface area is 89.1 Å². The van der Waals surface area contributed by atoms with Crippen molar-refractivity contribution in [2.75, 3.05) is 0 Å². The van der Waals surface area contributed by atoms with Crippen LogP contribution in [0, 0.1) is 0 Å². The van der Waals surface area contributed by atoms with E-state index >= 15 is 0 Å². The van der Waals surface area contributed by atoms with Gasteiger partial charge in [-0.25, -0.2) is 0 Å². The van der Waals surface area contributed by atoms with E-state index in [1.165, 1.54) is 0 Å². The van der Waals surface area contributed by atoms with Gasteiger partial charge in [0.1, 0.15) is 0 Å². The average Bonchev–Trinajstić information content (AvgIpc) is 2.01. The van der Waals surface area contributed by atoms with Crippen LogP contribution in [0.3, 0.4) is 0 Å². The molecule has 0 aliphatic heterocycles. The number of hydrogen-bond donors (Lipinski definition) is 0. The first-order chi connectivity index (χ1) is 5.91. The summed E-state index contributed by atoms with van der Waals surface area (Å²) in [6, 6.07) is 0.491. The van der Waals surface area contributed by atoms with E-state index < -0.39 is 0 Å². The van der Waals surface area contributed by atoms with Crippen molar-refractivity contribution in [3.8, 4) is 0 Å². The molecule has 0 N–H and O–H groups in total. The second-order valence-electron chi connectivity index (χ2n) is 3.69. The van der Waals surface area contributed by atoms with Crippen molar-refractivity contribution < 1.29 is 4.79 Å². The van der Waals surface area contributed by atoms with Crippen LogP contribution in [0.2, 0.25) is 0 Å². The Morgan fingerprint density at radius 1 is 1.23 bits per heavy atom. The van der Waals surface area contributed by atoms with Gasteiger partial charge >= 0.3 is 0 Å². The average molecular weight is 248 g/mol. The fourth-order valence-corrected chi connectivity index (χ4v) is 1.51. The molecular formula is C10H18BrNO. The van der Waals surface area contributed by atoms with Crippen molar-refractivity contribution in [3.05, 3.63) is 10.6 Å². The zero-order valence-electron chi connectivity index (χ0n) is 8.97. The Morgan fingerprint density at radius 2 is 1.62 bits per heavy atom. The monoisotopic (exact) mass is 247 g/mol. The maximum atomic E-state index is 11.8. The summed E-state index contributed by atoms with van der Waals surface area (Å²) in [7, 11) is 0. The molecule has 76 valence electrons. The van der Waals surface area contributed by atoms with E-state index in [0.29, 0.717) is 0 Å².